The van der Waals surface area contributed by atoms with E-state index < -0.39 is 53.1 Å². The lowest BCUT2D eigenvalue weighted by molar-refractivity contribution is -0.139. The highest BCUT2D eigenvalue weighted by molar-refractivity contribution is 5.98. The average molecular weight is 670 g/mol. The second kappa shape index (κ2) is 13.7. The number of nitrogens with one attached hydrogen (secondary N) is 1. The number of rotatable bonds is 6. The monoisotopic (exact) mass is 669 g/mol. The molecule has 11 nitrogen and oxygen atoms in total. The summed E-state index contributed by atoms with van der Waals surface area (Å²) in [6.07, 6.45) is -8.24. The molecule has 3 aromatic rings. The van der Waals surface area contributed by atoms with E-state index >= 15 is 0 Å². The maximum absolute atomic E-state index is 14.0. The van der Waals surface area contributed by atoms with E-state index in [0.29, 0.717) is 18.4 Å². The quantitative estimate of drug-likeness (QED) is 0.155. The first-order chi connectivity index (χ1) is 21.9. The molecule has 2 amide bonds. The number of likely N-dealkylation sites (tertiary alicyclic amines) is 1. The molecule has 17 heteroatoms. The molecular formula is C30H29F6N5O6. The molecule has 0 aliphatic carbocycles. The Hall–Kier alpha value is -5.09. The number of alkyl carbamates (subject to hydrolysis) is 1. The van der Waals surface area contributed by atoms with Gasteiger partial charge in [-0.25, -0.2) is 9.59 Å². The van der Waals surface area contributed by atoms with Crippen LogP contribution in [0.3, 0.4) is 0 Å². The number of nitrogens with zero attached hydrogens (tertiary/aromatic N) is 4. The van der Waals surface area contributed by atoms with Gasteiger partial charge in [0.05, 0.1) is 11.1 Å². The summed E-state index contributed by atoms with van der Waals surface area (Å²) in [5.41, 5.74) is -2.52. The number of halogens is 6. The molecule has 1 unspecified atom stereocenters. The van der Waals surface area contributed by atoms with E-state index in [-0.39, 0.29) is 36.4 Å². The first-order valence-electron chi connectivity index (χ1n) is 14.0. The Morgan fingerprint density at radius 2 is 1.79 bits per heavy atom. The number of amides is 2. The molecule has 47 heavy (non-hydrogen) atoms. The molecule has 1 aliphatic rings. The minimum atomic E-state index is -4.84. The Morgan fingerprint density at radius 3 is 2.40 bits per heavy atom. The second-order valence-electron chi connectivity index (χ2n) is 11.2. The number of hydrogen-bond donors (Lipinski definition) is 2. The topological polar surface area (TPSA) is 139 Å². The van der Waals surface area contributed by atoms with Gasteiger partial charge in [-0.05, 0) is 75.6 Å². The van der Waals surface area contributed by atoms with E-state index in [1.54, 1.807) is 20.8 Å². The van der Waals surface area contributed by atoms with Crippen molar-refractivity contribution in [3.63, 3.8) is 0 Å². The molecular weight excluding hydrogens is 640 g/mol. The van der Waals surface area contributed by atoms with Gasteiger partial charge in [0.25, 0.3) is 0 Å². The van der Waals surface area contributed by atoms with Crippen molar-refractivity contribution in [3.05, 3.63) is 71.1 Å². The highest BCUT2D eigenvalue weighted by atomic mass is 19.4. The van der Waals surface area contributed by atoms with Crippen LogP contribution in [0.5, 0.6) is 5.75 Å². The summed E-state index contributed by atoms with van der Waals surface area (Å²) in [7, 11) is 0. The number of ether oxygens (including phenoxy) is 2. The minimum Gasteiger partial charge on any atom is -0.489 e. The summed E-state index contributed by atoms with van der Waals surface area (Å²) in [5.74, 6) is -1.10. The summed E-state index contributed by atoms with van der Waals surface area (Å²) in [5, 5.41) is 15.4. The number of carboxylic acid groups (broad SMARTS) is 1. The van der Waals surface area contributed by atoms with E-state index in [1.165, 1.54) is 35.3 Å². The van der Waals surface area contributed by atoms with Crippen LogP contribution in [0.4, 0.5) is 35.9 Å². The van der Waals surface area contributed by atoms with Gasteiger partial charge < -0.3 is 24.0 Å². The van der Waals surface area contributed by atoms with Crippen LogP contribution >= 0.6 is 0 Å². The fourth-order valence-corrected chi connectivity index (χ4v) is 4.54. The Balaban J connectivity index is 1.50. The predicted molar refractivity (Wildman–Crippen MR) is 154 cm³/mol. The Bertz CT molecular complexity index is 1640. The lowest BCUT2D eigenvalue weighted by Crippen LogP contribution is -2.46. The molecule has 2 aromatic carbocycles. The zero-order chi connectivity index (χ0) is 34.6. The molecule has 0 saturated carbocycles. The van der Waals surface area contributed by atoms with E-state index in [2.05, 4.69) is 20.4 Å². The number of alkyl halides is 6. The molecule has 252 valence electrons. The summed E-state index contributed by atoms with van der Waals surface area (Å²) >= 11 is 0. The third kappa shape index (κ3) is 9.46. The van der Waals surface area contributed by atoms with Crippen LogP contribution in [0.2, 0.25) is 0 Å². The van der Waals surface area contributed by atoms with Crippen molar-refractivity contribution in [3.8, 4) is 17.1 Å². The van der Waals surface area contributed by atoms with Crippen molar-refractivity contribution in [2.24, 2.45) is 4.99 Å². The van der Waals surface area contributed by atoms with Crippen molar-refractivity contribution < 1.29 is 55.0 Å². The fourth-order valence-electron chi connectivity index (χ4n) is 4.54. The molecule has 4 rings (SSSR count). The van der Waals surface area contributed by atoms with Gasteiger partial charge in [0.15, 0.2) is 0 Å². The second-order valence-corrected chi connectivity index (χ2v) is 11.2. The van der Waals surface area contributed by atoms with E-state index in [1.807, 2.05) is 0 Å². The number of carbonyl (C=O) groups is 2. The number of aromatic nitrogens is 2. The van der Waals surface area contributed by atoms with E-state index in [9.17, 15) is 41.0 Å². The predicted octanol–water partition coefficient (Wildman–Crippen LogP) is 7.56. The van der Waals surface area contributed by atoms with Crippen LogP contribution in [0.1, 0.15) is 62.2 Å². The number of hydrogen-bond acceptors (Lipinski definition) is 7. The molecule has 0 spiro atoms. The molecule has 2 N–H and O–H groups in total. The van der Waals surface area contributed by atoms with Crippen molar-refractivity contribution in [1.29, 1.82) is 0 Å². The van der Waals surface area contributed by atoms with Crippen LogP contribution in [0, 0.1) is 0 Å². The summed E-state index contributed by atoms with van der Waals surface area (Å²) < 4.78 is 96.0. The van der Waals surface area contributed by atoms with Gasteiger partial charge in [0.2, 0.25) is 17.7 Å². The minimum absolute atomic E-state index is 0.0520. The van der Waals surface area contributed by atoms with Crippen molar-refractivity contribution in [1.82, 2.24) is 20.4 Å². The van der Waals surface area contributed by atoms with Gasteiger partial charge in [0, 0.05) is 12.1 Å². The number of benzene rings is 2. The highest BCUT2D eigenvalue weighted by Gasteiger charge is 2.37. The standard InChI is InChI=1S/C30H29F6N5O6/c1-28(2,3)46-27(44)39-25(38-26(42)43)41-14-4-7-21(41)24-37-23(40-47-24)18-10-13-22(20(16-18)30(34,35)36)45-15-5-6-17-8-11-19(12-9-17)29(31,32)33/h5-6,8-13,16,21H,4,7,14-15H2,1-3H3,(H,42,43)(H,38,39,44)/b6-5+. The van der Waals surface area contributed by atoms with Gasteiger partial charge >= 0.3 is 24.5 Å². The number of guanidine groups is 1. The smallest absolute Gasteiger partial charge is 0.434 e. The zero-order valence-electron chi connectivity index (χ0n) is 25.1. The lowest BCUT2D eigenvalue weighted by atomic mass is 10.1. The first kappa shape index (κ1) is 34.8. The van der Waals surface area contributed by atoms with Crippen LogP contribution < -0.4 is 10.1 Å². The Labute approximate surface area is 263 Å². The van der Waals surface area contributed by atoms with Gasteiger partial charge in [-0.2, -0.15) is 31.3 Å². The third-order valence-corrected chi connectivity index (χ3v) is 6.49. The Morgan fingerprint density at radius 1 is 1.09 bits per heavy atom. The molecule has 1 fully saturated rings. The first-order valence-corrected chi connectivity index (χ1v) is 14.0. The van der Waals surface area contributed by atoms with Crippen LogP contribution in [0.15, 0.2) is 58.1 Å². The van der Waals surface area contributed by atoms with Crippen LogP contribution in [-0.2, 0) is 17.1 Å². The Kier molecular flexibility index (Phi) is 10.2. The van der Waals surface area contributed by atoms with Crippen molar-refractivity contribution in [2.75, 3.05) is 13.2 Å². The molecule has 1 aromatic heterocycles. The molecule has 1 atom stereocenters. The van der Waals surface area contributed by atoms with Gasteiger partial charge in [0.1, 0.15) is 24.0 Å². The van der Waals surface area contributed by atoms with Crippen LogP contribution in [-0.4, -0.2) is 57.0 Å². The molecule has 0 radical (unpaired) electrons. The maximum atomic E-state index is 14.0. The van der Waals surface area contributed by atoms with Crippen molar-refractivity contribution in [2.45, 2.75) is 57.6 Å². The third-order valence-electron chi connectivity index (χ3n) is 6.49. The fraction of sp³-hybridized carbons (Fsp3) is 0.367. The lowest BCUT2D eigenvalue weighted by Gasteiger charge is -2.26. The largest absolute Gasteiger partial charge is 0.489 e. The molecule has 0 bridgehead atoms. The van der Waals surface area contributed by atoms with Gasteiger partial charge in [-0.3, -0.25) is 5.32 Å². The number of aliphatic imine (C=N–C) groups is 1. The normalized spacial score (nSPS) is 16.1. The highest BCUT2D eigenvalue weighted by Crippen LogP contribution is 2.39. The van der Waals surface area contributed by atoms with E-state index in [4.69, 9.17) is 14.0 Å². The summed E-state index contributed by atoms with van der Waals surface area (Å²) in [4.78, 5) is 32.8. The van der Waals surface area contributed by atoms with Crippen LogP contribution in [0.25, 0.3) is 17.5 Å². The molecule has 1 aliphatic heterocycles. The van der Waals surface area contributed by atoms with E-state index in [0.717, 1.165) is 24.3 Å². The number of carbonyl (C=O) groups excluding carboxylic acids is 1. The summed E-state index contributed by atoms with van der Waals surface area (Å²) in [6, 6.07) is 6.59. The molecule has 2 heterocycles. The SMILES string of the molecule is CC(C)(C)OC(=O)NC(=NC(=O)O)N1CCCC1c1nc(-c2ccc(OC/C=C/c3ccc(C(F)(F)F)cc3)c(C(F)(F)F)c2)no1. The molecule has 1 saturated heterocycles. The van der Waals surface area contributed by atoms with Crippen molar-refractivity contribution >= 4 is 24.2 Å². The summed E-state index contributed by atoms with van der Waals surface area (Å²) in [6.45, 7) is 4.77. The average Bonchev–Trinajstić information content (AvgIpc) is 3.63. The van der Waals surface area contributed by atoms with Gasteiger partial charge in [-0.1, -0.05) is 23.4 Å². The maximum Gasteiger partial charge on any atom is 0.434 e. The zero-order valence-corrected chi connectivity index (χ0v) is 25.1. The van der Waals surface area contributed by atoms with Gasteiger partial charge in [-0.15, -0.1) is 4.99 Å².